The zero-order valence-electron chi connectivity index (χ0n) is 13.7. The maximum Gasteiger partial charge on any atom is 0.221 e. The number of sulfonamides is 1. The monoisotopic (exact) mass is 344 g/mol. The summed E-state index contributed by atoms with van der Waals surface area (Å²) in [5.74, 6) is 0.502. The molecule has 0 radical (unpaired) electrons. The average molecular weight is 344 g/mol. The number of benzene rings is 1. The maximum atomic E-state index is 11.9. The van der Waals surface area contributed by atoms with Crippen molar-refractivity contribution >= 4 is 15.9 Å². The van der Waals surface area contributed by atoms with Gasteiger partial charge in [-0.3, -0.25) is 4.79 Å². The summed E-state index contributed by atoms with van der Waals surface area (Å²) < 4.78 is 35.0. The Balaban J connectivity index is 2.61. The summed E-state index contributed by atoms with van der Waals surface area (Å²) in [4.78, 5) is 11.7. The number of hydrogen-bond acceptors (Lipinski definition) is 5. The highest BCUT2D eigenvalue weighted by Crippen LogP contribution is 2.14. The lowest BCUT2D eigenvalue weighted by Crippen LogP contribution is -2.35. The third-order valence-electron chi connectivity index (χ3n) is 3.20. The number of methoxy groups -OCH3 is 2. The van der Waals surface area contributed by atoms with Crippen molar-refractivity contribution in [1.82, 2.24) is 9.62 Å². The van der Waals surface area contributed by atoms with Crippen LogP contribution in [0, 0.1) is 0 Å². The number of hydrogen-bond donors (Lipinski definition) is 1. The quantitative estimate of drug-likeness (QED) is 0.629. The van der Waals surface area contributed by atoms with Gasteiger partial charge in [0.15, 0.2) is 0 Å². The van der Waals surface area contributed by atoms with Crippen LogP contribution in [-0.4, -0.2) is 58.8 Å². The van der Waals surface area contributed by atoms with E-state index >= 15 is 0 Å². The van der Waals surface area contributed by atoms with E-state index in [0.717, 1.165) is 11.8 Å². The lowest BCUT2D eigenvalue weighted by atomic mass is 10.2. The average Bonchev–Trinajstić information content (AvgIpc) is 2.51. The number of carbonyl (C=O) groups is 1. The van der Waals surface area contributed by atoms with Crippen LogP contribution in [0.2, 0.25) is 0 Å². The highest BCUT2D eigenvalue weighted by molar-refractivity contribution is 7.88. The fourth-order valence-electron chi connectivity index (χ4n) is 1.90. The Labute approximate surface area is 137 Å². The molecule has 0 aliphatic heterocycles. The Morgan fingerprint density at radius 1 is 1.22 bits per heavy atom. The van der Waals surface area contributed by atoms with Gasteiger partial charge in [-0.1, -0.05) is 12.1 Å². The van der Waals surface area contributed by atoms with Crippen molar-refractivity contribution < 1.29 is 22.7 Å². The van der Waals surface area contributed by atoms with E-state index in [9.17, 15) is 13.2 Å². The zero-order valence-corrected chi connectivity index (χ0v) is 14.6. The first-order valence-corrected chi connectivity index (χ1v) is 9.05. The number of nitrogens with one attached hydrogen (secondary N) is 1. The van der Waals surface area contributed by atoms with Gasteiger partial charge in [0.1, 0.15) is 5.75 Å². The first-order valence-electron chi connectivity index (χ1n) is 7.20. The molecule has 0 unspecified atom stereocenters. The van der Waals surface area contributed by atoms with Gasteiger partial charge in [-0.2, -0.15) is 4.31 Å². The minimum absolute atomic E-state index is 0.104. The SMILES string of the molecule is COCCNC(=O)CCN(Cc1ccc(OC)cc1)S(C)(=O)=O. The van der Waals surface area contributed by atoms with E-state index in [2.05, 4.69) is 5.32 Å². The summed E-state index contributed by atoms with van der Waals surface area (Å²) in [7, 11) is -0.285. The molecule has 1 N–H and O–H groups in total. The smallest absolute Gasteiger partial charge is 0.221 e. The standard InChI is InChI=1S/C15H24N2O5S/c1-21-11-9-16-15(18)8-10-17(23(3,19)20)12-13-4-6-14(22-2)7-5-13/h4-7H,8-12H2,1-3H3,(H,16,18). The molecule has 0 fully saturated rings. The Morgan fingerprint density at radius 2 is 1.87 bits per heavy atom. The van der Waals surface area contributed by atoms with Crippen LogP contribution in [0.3, 0.4) is 0 Å². The maximum absolute atomic E-state index is 11.9. The molecule has 23 heavy (non-hydrogen) atoms. The van der Waals surface area contributed by atoms with Crippen LogP contribution in [-0.2, 0) is 26.1 Å². The van der Waals surface area contributed by atoms with Crippen LogP contribution in [0.5, 0.6) is 5.75 Å². The second kappa shape index (κ2) is 9.49. The molecule has 130 valence electrons. The van der Waals surface area contributed by atoms with Crippen LogP contribution >= 0.6 is 0 Å². The molecule has 1 amide bonds. The van der Waals surface area contributed by atoms with Crippen molar-refractivity contribution in [3.8, 4) is 5.75 Å². The van der Waals surface area contributed by atoms with E-state index in [-0.39, 0.29) is 25.4 Å². The lowest BCUT2D eigenvalue weighted by molar-refractivity contribution is -0.121. The predicted molar refractivity (Wildman–Crippen MR) is 87.8 cm³/mol. The summed E-state index contributed by atoms with van der Waals surface area (Å²) >= 11 is 0. The van der Waals surface area contributed by atoms with Crippen molar-refractivity contribution in [1.29, 1.82) is 0 Å². The molecule has 1 rings (SSSR count). The molecular weight excluding hydrogens is 320 g/mol. The molecule has 0 bridgehead atoms. The van der Waals surface area contributed by atoms with Gasteiger partial charge in [0.2, 0.25) is 15.9 Å². The van der Waals surface area contributed by atoms with Crippen molar-refractivity contribution in [2.75, 3.05) is 40.2 Å². The highest BCUT2D eigenvalue weighted by Gasteiger charge is 2.18. The van der Waals surface area contributed by atoms with Gasteiger partial charge >= 0.3 is 0 Å². The first-order chi connectivity index (χ1) is 10.9. The molecule has 0 aliphatic rings. The fraction of sp³-hybridized carbons (Fsp3) is 0.533. The zero-order chi connectivity index (χ0) is 17.3. The molecule has 0 aromatic heterocycles. The molecule has 1 aromatic rings. The number of ether oxygens (including phenoxy) is 2. The van der Waals surface area contributed by atoms with Gasteiger partial charge < -0.3 is 14.8 Å². The Morgan fingerprint density at radius 3 is 2.39 bits per heavy atom. The minimum atomic E-state index is -3.40. The second-order valence-corrected chi connectivity index (χ2v) is 7.02. The van der Waals surface area contributed by atoms with E-state index in [1.807, 2.05) is 0 Å². The van der Waals surface area contributed by atoms with Gasteiger partial charge in [0.25, 0.3) is 0 Å². The highest BCUT2D eigenvalue weighted by atomic mass is 32.2. The molecule has 8 heteroatoms. The van der Waals surface area contributed by atoms with Crippen molar-refractivity contribution in [3.05, 3.63) is 29.8 Å². The van der Waals surface area contributed by atoms with Gasteiger partial charge in [-0.15, -0.1) is 0 Å². The molecule has 0 saturated heterocycles. The Bertz CT molecular complexity index is 586. The number of carbonyl (C=O) groups excluding carboxylic acids is 1. The number of rotatable bonds is 10. The van der Waals surface area contributed by atoms with E-state index in [1.54, 1.807) is 38.5 Å². The summed E-state index contributed by atoms with van der Waals surface area (Å²) in [5, 5.41) is 2.67. The summed E-state index contributed by atoms with van der Waals surface area (Å²) in [5.41, 5.74) is 0.830. The summed E-state index contributed by atoms with van der Waals surface area (Å²) in [6, 6.07) is 7.14. The van der Waals surface area contributed by atoms with E-state index in [0.29, 0.717) is 18.9 Å². The Kier molecular flexibility index (Phi) is 8.01. The van der Waals surface area contributed by atoms with E-state index in [4.69, 9.17) is 9.47 Å². The van der Waals surface area contributed by atoms with Crippen LogP contribution < -0.4 is 10.1 Å². The molecule has 1 aromatic carbocycles. The summed E-state index contributed by atoms with van der Waals surface area (Å²) in [6.07, 6.45) is 1.24. The molecule has 0 saturated carbocycles. The largest absolute Gasteiger partial charge is 0.497 e. The van der Waals surface area contributed by atoms with Crippen LogP contribution in [0.25, 0.3) is 0 Å². The van der Waals surface area contributed by atoms with E-state index < -0.39 is 10.0 Å². The topological polar surface area (TPSA) is 84.9 Å². The number of amides is 1. The molecular formula is C15H24N2O5S. The van der Waals surface area contributed by atoms with Gasteiger partial charge in [0, 0.05) is 33.2 Å². The second-order valence-electron chi connectivity index (χ2n) is 5.04. The third-order valence-corrected chi connectivity index (χ3v) is 4.45. The molecule has 7 nitrogen and oxygen atoms in total. The Hall–Kier alpha value is -1.64. The summed E-state index contributed by atoms with van der Waals surface area (Å²) in [6.45, 7) is 1.18. The third kappa shape index (κ3) is 7.45. The van der Waals surface area contributed by atoms with Gasteiger partial charge in [0.05, 0.1) is 20.0 Å². The van der Waals surface area contributed by atoms with Gasteiger partial charge in [-0.25, -0.2) is 8.42 Å². The van der Waals surface area contributed by atoms with Crippen molar-refractivity contribution in [2.24, 2.45) is 0 Å². The fourth-order valence-corrected chi connectivity index (χ4v) is 2.71. The van der Waals surface area contributed by atoms with Crippen LogP contribution in [0.1, 0.15) is 12.0 Å². The van der Waals surface area contributed by atoms with Crippen LogP contribution in [0.4, 0.5) is 0 Å². The van der Waals surface area contributed by atoms with Crippen molar-refractivity contribution in [2.45, 2.75) is 13.0 Å². The normalized spacial score (nSPS) is 11.5. The van der Waals surface area contributed by atoms with Crippen molar-refractivity contribution in [3.63, 3.8) is 0 Å². The van der Waals surface area contributed by atoms with Gasteiger partial charge in [-0.05, 0) is 17.7 Å². The first kappa shape index (κ1) is 19.4. The molecule has 0 aliphatic carbocycles. The predicted octanol–water partition coefficient (Wildman–Crippen LogP) is 0.610. The minimum Gasteiger partial charge on any atom is -0.497 e. The molecule has 0 spiro atoms. The van der Waals surface area contributed by atoms with Crippen LogP contribution in [0.15, 0.2) is 24.3 Å². The lowest BCUT2D eigenvalue weighted by Gasteiger charge is -2.20. The molecule has 0 heterocycles. The number of nitrogens with zero attached hydrogens (tertiary/aromatic N) is 1. The molecule has 0 atom stereocenters. The van der Waals surface area contributed by atoms with E-state index in [1.165, 1.54) is 4.31 Å².